The van der Waals surface area contributed by atoms with Gasteiger partial charge in [-0.1, -0.05) is 91.0 Å². The molecule has 0 saturated carbocycles. The van der Waals surface area contributed by atoms with E-state index in [1.807, 2.05) is 18.2 Å². The van der Waals surface area contributed by atoms with Crippen LogP contribution in [0.15, 0.2) is 115 Å². The minimum Gasteiger partial charge on any atom is -0.239 e. The fourth-order valence-corrected chi connectivity index (χ4v) is 4.95. The van der Waals surface area contributed by atoms with E-state index >= 15 is 0 Å². The first-order valence-electron chi connectivity index (χ1n) is 10.2. The Morgan fingerprint density at radius 3 is 1.65 bits per heavy atom. The topological polar surface area (TPSA) is 12.9 Å². The van der Waals surface area contributed by atoms with Crippen LogP contribution in [-0.2, 0) is 0 Å². The Balaban J connectivity index is 1.74. The second kappa shape index (κ2) is 8.66. The smallest absolute Gasteiger partial charge is 0.124 e. The summed E-state index contributed by atoms with van der Waals surface area (Å²) in [5, 5.41) is 0.894. The number of benzene rings is 4. The summed E-state index contributed by atoms with van der Waals surface area (Å²) in [7, 11) is 0. The highest BCUT2D eigenvalue weighted by atomic mass is 32.1. The van der Waals surface area contributed by atoms with Gasteiger partial charge in [-0.05, 0) is 41.0 Å². The summed E-state index contributed by atoms with van der Waals surface area (Å²) in [5.74, 6) is -0.238. The maximum Gasteiger partial charge on any atom is 0.124 e. The molecular formula is C28H20FNS. The van der Waals surface area contributed by atoms with Gasteiger partial charge in [0.25, 0.3) is 0 Å². The van der Waals surface area contributed by atoms with Crippen molar-refractivity contribution in [2.24, 2.45) is 0 Å². The van der Waals surface area contributed by atoms with Gasteiger partial charge in [0.1, 0.15) is 10.8 Å². The predicted octanol–water partition coefficient (Wildman–Crippen LogP) is 7.80. The Morgan fingerprint density at radius 1 is 0.581 bits per heavy atom. The zero-order valence-corrected chi connectivity index (χ0v) is 17.6. The normalized spacial score (nSPS) is 11.0. The van der Waals surface area contributed by atoms with Crippen LogP contribution in [0.5, 0.6) is 0 Å². The van der Waals surface area contributed by atoms with Crippen molar-refractivity contribution in [3.63, 3.8) is 0 Å². The molecule has 31 heavy (non-hydrogen) atoms. The highest BCUT2D eigenvalue weighted by molar-refractivity contribution is 7.18. The van der Waals surface area contributed by atoms with Crippen molar-refractivity contribution < 1.29 is 4.39 Å². The summed E-state index contributed by atoms with van der Waals surface area (Å²) in [6.45, 7) is 0. The van der Waals surface area contributed by atoms with Crippen LogP contribution in [0.1, 0.15) is 22.7 Å². The van der Waals surface area contributed by atoms with Crippen molar-refractivity contribution in [1.29, 1.82) is 0 Å². The first kappa shape index (κ1) is 19.4. The second-order valence-electron chi connectivity index (χ2n) is 7.36. The van der Waals surface area contributed by atoms with Crippen molar-refractivity contribution >= 4 is 11.3 Å². The van der Waals surface area contributed by atoms with Crippen LogP contribution < -0.4 is 0 Å². The first-order valence-corrected chi connectivity index (χ1v) is 11.0. The molecule has 0 unspecified atom stereocenters. The molecule has 0 atom stereocenters. The standard InChI is InChI=1S/C28H20FNS/c29-24-18-16-23(17-19-24)28-30-26(27(31-28)22-14-8-3-9-15-22)25(20-10-4-1-5-11-20)21-12-6-2-7-13-21/h1-19,25H. The van der Waals surface area contributed by atoms with Crippen molar-refractivity contribution in [2.75, 3.05) is 0 Å². The van der Waals surface area contributed by atoms with Crippen LogP contribution >= 0.6 is 11.3 Å². The zero-order chi connectivity index (χ0) is 21.0. The second-order valence-corrected chi connectivity index (χ2v) is 8.36. The SMILES string of the molecule is Fc1ccc(-c2nc(C(c3ccccc3)c3ccccc3)c(-c3ccccc3)s2)cc1. The van der Waals surface area contributed by atoms with E-state index in [-0.39, 0.29) is 11.7 Å². The number of hydrogen-bond acceptors (Lipinski definition) is 2. The molecule has 0 N–H and O–H groups in total. The van der Waals surface area contributed by atoms with E-state index in [1.54, 1.807) is 23.5 Å². The molecule has 0 bridgehead atoms. The highest BCUT2D eigenvalue weighted by Crippen LogP contribution is 2.43. The molecular weight excluding hydrogens is 401 g/mol. The van der Waals surface area contributed by atoms with Gasteiger partial charge in [-0.2, -0.15) is 0 Å². The Hall–Kier alpha value is -3.56. The molecule has 0 spiro atoms. The van der Waals surface area contributed by atoms with Gasteiger partial charge in [0.05, 0.1) is 16.5 Å². The molecule has 0 aliphatic carbocycles. The number of nitrogens with zero attached hydrogens (tertiary/aromatic N) is 1. The largest absolute Gasteiger partial charge is 0.239 e. The number of aromatic nitrogens is 1. The third kappa shape index (κ3) is 4.05. The first-order chi connectivity index (χ1) is 15.3. The van der Waals surface area contributed by atoms with Crippen LogP contribution in [0.3, 0.4) is 0 Å². The Kier molecular flexibility index (Phi) is 5.42. The van der Waals surface area contributed by atoms with Crippen LogP contribution in [0.2, 0.25) is 0 Å². The quantitative estimate of drug-likeness (QED) is 0.282. The maximum atomic E-state index is 13.5. The fraction of sp³-hybridized carbons (Fsp3) is 0.0357. The minimum absolute atomic E-state index is 0.00283. The molecule has 0 aliphatic rings. The molecule has 1 nitrogen and oxygen atoms in total. The van der Waals surface area contributed by atoms with Crippen molar-refractivity contribution in [1.82, 2.24) is 4.98 Å². The number of thiazole rings is 1. The minimum atomic E-state index is -0.240. The van der Waals surface area contributed by atoms with Crippen molar-refractivity contribution in [3.8, 4) is 21.0 Å². The van der Waals surface area contributed by atoms with Gasteiger partial charge < -0.3 is 0 Å². The number of rotatable bonds is 5. The van der Waals surface area contributed by atoms with E-state index in [9.17, 15) is 4.39 Å². The average Bonchev–Trinajstić information content (AvgIpc) is 3.27. The number of halogens is 1. The lowest BCUT2D eigenvalue weighted by Crippen LogP contribution is -2.05. The van der Waals surface area contributed by atoms with Gasteiger partial charge in [-0.15, -0.1) is 11.3 Å². The lowest BCUT2D eigenvalue weighted by Gasteiger charge is -2.18. The summed E-state index contributed by atoms with van der Waals surface area (Å²) in [6.07, 6.45) is 0. The van der Waals surface area contributed by atoms with E-state index in [1.165, 1.54) is 23.3 Å². The van der Waals surface area contributed by atoms with Gasteiger partial charge in [0.2, 0.25) is 0 Å². The molecule has 0 amide bonds. The van der Waals surface area contributed by atoms with Crippen molar-refractivity contribution in [2.45, 2.75) is 5.92 Å². The fourth-order valence-electron chi connectivity index (χ4n) is 3.84. The third-order valence-corrected chi connectivity index (χ3v) is 6.49. The van der Waals surface area contributed by atoms with Crippen LogP contribution in [0.4, 0.5) is 4.39 Å². The Bertz CT molecular complexity index is 1220. The van der Waals surface area contributed by atoms with Gasteiger partial charge in [-0.25, -0.2) is 9.37 Å². The van der Waals surface area contributed by atoms with Gasteiger partial charge >= 0.3 is 0 Å². The molecule has 1 heterocycles. The van der Waals surface area contributed by atoms with Gasteiger partial charge in [0.15, 0.2) is 0 Å². The number of hydrogen-bond donors (Lipinski definition) is 0. The lowest BCUT2D eigenvalue weighted by molar-refractivity contribution is 0.628. The van der Waals surface area contributed by atoms with E-state index in [0.29, 0.717) is 0 Å². The molecule has 1 aromatic heterocycles. The molecule has 0 fully saturated rings. The average molecular weight is 422 g/mol. The Morgan fingerprint density at radius 2 is 1.10 bits per heavy atom. The molecule has 0 saturated heterocycles. The van der Waals surface area contributed by atoms with Crippen LogP contribution in [-0.4, -0.2) is 4.98 Å². The summed E-state index contributed by atoms with van der Waals surface area (Å²) in [6, 6.07) is 37.9. The van der Waals surface area contributed by atoms with E-state index in [2.05, 4.69) is 72.8 Å². The zero-order valence-electron chi connectivity index (χ0n) is 16.8. The summed E-state index contributed by atoms with van der Waals surface area (Å²) >= 11 is 1.66. The molecule has 0 radical (unpaired) electrons. The van der Waals surface area contributed by atoms with Crippen molar-refractivity contribution in [3.05, 3.63) is 138 Å². The van der Waals surface area contributed by atoms with Crippen LogP contribution in [0, 0.1) is 5.82 Å². The van der Waals surface area contributed by atoms with Gasteiger partial charge in [-0.3, -0.25) is 0 Å². The lowest BCUT2D eigenvalue weighted by atomic mass is 9.87. The third-order valence-electron chi connectivity index (χ3n) is 5.32. The Labute approximate surface area is 185 Å². The summed E-state index contributed by atoms with van der Waals surface area (Å²) in [5.41, 5.74) is 5.48. The molecule has 3 heteroatoms. The molecule has 150 valence electrons. The van der Waals surface area contributed by atoms with E-state index < -0.39 is 0 Å². The summed E-state index contributed by atoms with van der Waals surface area (Å²) < 4.78 is 13.5. The van der Waals surface area contributed by atoms with E-state index in [0.717, 1.165) is 26.7 Å². The highest BCUT2D eigenvalue weighted by Gasteiger charge is 2.25. The monoisotopic (exact) mass is 421 g/mol. The molecule has 5 rings (SSSR count). The molecule has 5 aromatic rings. The summed E-state index contributed by atoms with van der Waals surface area (Å²) in [4.78, 5) is 6.27. The maximum absolute atomic E-state index is 13.5. The predicted molar refractivity (Wildman–Crippen MR) is 127 cm³/mol. The molecule has 0 aliphatic heterocycles. The van der Waals surface area contributed by atoms with Crippen LogP contribution in [0.25, 0.3) is 21.0 Å². The van der Waals surface area contributed by atoms with E-state index in [4.69, 9.17) is 4.98 Å². The molecule has 4 aromatic carbocycles. The van der Waals surface area contributed by atoms with Gasteiger partial charge in [0, 0.05) is 5.56 Å².